The summed E-state index contributed by atoms with van der Waals surface area (Å²) >= 11 is 0. The molecule has 1 unspecified atom stereocenters. The van der Waals surface area contributed by atoms with E-state index in [1.807, 2.05) is 13.8 Å². The first-order chi connectivity index (χ1) is 8.06. The van der Waals surface area contributed by atoms with Crippen LogP contribution in [0, 0.1) is 5.92 Å². The van der Waals surface area contributed by atoms with Gasteiger partial charge >= 0.3 is 0 Å². The van der Waals surface area contributed by atoms with E-state index in [1.165, 1.54) is 32.1 Å². The van der Waals surface area contributed by atoms with Crippen LogP contribution in [0.3, 0.4) is 0 Å². The molecule has 0 aliphatic heterocycles. The minimum absolute atomic E-state index is 0.0339. The highest BCUT2D eigenvalue weighted by Gasteiger charge is 2.06. The molecule has 1 N–H and O–H groups in total. The van der Waals surface area contributed by atoms with Gasteiger partial charge in [0.25, 0.3) is 0 Å². The second-order valence-corrected chi connectivity index (χ2v) is 5.09. The zero-order chi connectivity index (χ0) is 13.1. The van der Waals surface area contributed by atoms with Gasteiger partial charge in [0, 0.05) is 12.1 Å². The van der Waals surface area contributed by atoms with Gasteiger partial charge < -0.3 is 0 Å². The van der Waals surface area contributed by atoms with Crippen LogP contribution in [0.5, 0.6) is 0 Å². The molecule has 3 nitrogen and oxygen atoms in total. The van der Waals surface area contributed by atoms with Gasteiger partial charge in [0.1, 0.15) is 0 Å². The van der Waals surface area contributed by atoms with Crippen molar-refractivity contribution in [1.29, 1.82) is 0 Å². The number of amides is 1. The van der Waals surface area contributed by atoms with E-state index in [2.05, 4.69) is 24.4 Å². The first kappa shape index (κ1) is 16.1. The molecule has 17 heavy (non-hydrogen) atoms. The van der Waals surface area contributed by atoms with Gasteiger partial charge in [-0.3, -0.25) is 4.79 Å². The topological polar surface area (TPSA) is 41.5 Å². The fourth-order valence-electron chi connectivity index (χ4n) is 1.67. The maximum absolute atomic E-state index is 11.4. The third-order valence-electron chi connectivity index (χ3n) is 2.82. The van der Waals surface area contributed by atoms with Crippen LogP contribution in [-0.4, -0.2) is 11.6 Å². The number of rotatable bonds is 9. The summed E-state index contributed by atoms with van der Waals surface area (Å²) in [7, 11) is 0. The Bertz CT molecular complexity index is 232. The highest BCUT2D eigenvalue weighted by atomic mass is 16.2. The minimum Gasteiger partial charge on any atom is -0.273 e. The molecule has 0 fully saturated rings. The molecule has 3 heteroatoms. The second-order valence-electron chi connectivity index (χ2n) is 5.09. The number of unbranched alkanes of at least 4 members (excludes halogenated alkanes) is 3. The van der Waals surface area contributed by atoms with Crippen molar-refractivity contribution in [1.82, 2.24) is 5.43 Å². The van der Waals surface area contributed by atoms with Gasteiger partial charge in [-0.15, -0.1) is 0 Å². The Hall–Kier alpha value is -0.860. The van der Waals surface area contributed by atoms with Crippen molar-refractivity contribution in [3.63, 3.8) is 0 Å². The highest BCUT2D eigenvalue weighted by molar-refractivity contribution is 5.82. The Labute approximate surface area is 106 Å². The molecule has 0 saturated heterocycles. The lowest BCUT2D eigenvalue weighted by molar-refractivity contribution is -0.121. The Morgan fingerprint density at radius 1 is 1.18 bits per heavy atom. The van der Waals surface area contributed by atoms with Crippen molar-refractivity contribution in [3.8, 4) is 0 Å². The standard InChI is InChI=1S/C14H28N2O/c1-5-6-7-8-9-13(4)10-11-14(17)16-15-12(2)3/h13H,5-11H2,1-4H3,(H,16,17). The molecule has 0 rings (SSSR count). The van der Waals surface area contributed by atoms with E-state index in [0.717, 1.165) is 12.1 Å². The fourth-order valence-corrected chi connectivity index (χ4v) is 1.67. The van der Waals surface area contributed by atoms with E-state index >= 15 is 0 Å². The first-order valence-corrected chi connectivity index (χ1v) is 6.86. The Balaban J connectivity index is 3.52. The third-order valence-corrected chi connectivity index (χ3v) is 2.82. The van der Waals surface area contributed by atoms with Crippen molar-refractivity contribution in [2.75, 3.05) is 0 Å². The van der Waals surface area contributed by atoms with Crippen LogP contribution >= 0.6 is 0 Å². The van der Waals surface area contributed by atoms with Crippen molar-refractivity contribution in [3.05, 3.63) is 0 Å². The van der Waals surface area contributed by atoms with Crippen LogP contribution in [0.4, 0.5) is 0 Å². The van der Waals surface area contributed by atoms with E-state index < -0.39 is 0 Å². The van der Waals surface area contributed by atoms with Gasteiger partial charge in [-0.1, -0.05) is 46.0 Å². The molecule has 1 amide bonds. The number of carbonyl (C=O) groups excluding carboxylic acids is 1. The molecule has 0 aromatic rings. The van der Waals surface area contributed by atoms with Gasteiger partial charge in [0.15, 0.2) is 0 Å². The molecule has 0 aromatic carbocycles. The summed E-state index contributed by atoms with van der Waals surface area (Å²) in [6, 6.07) is 0. The van der Waals surface area contributed by atoms with Gasteiger partial charge in [-0.05, 0) is 26.2 Å². The van der Waals surface area contributed by atoms with E-state index in [1.54, 1.807) is 0 Å². The van der Waals surface area contributed by atoms with Crippen LogP contribution in [0.15, 0.2) is 5.10 Å². The minimum atomic E-state index is 0.0339. The molecule has 0 heterocycles. The lowest BCUT2D eigenvalue weighted by Crippen LogP contribution is -2.18. The number of nitrogens with zero attached hydrogens (tertiary/aromatic N) is 1. The lowest BCUT2D eigenvalue weighted by Gasteiger charge is -2.10. The SMILES string of the molecule is CCCCCCC(C)CCC(=O)NN=C(C)C. The predicted molar refractivity (Wildman–Crippen MR) is 74.1 cm³/mol. The van der Waals surface area contributed by atoms with Crippen LogP contribution in [-0.2, 0) is 4.79 Å². The average Bonchev–Trinajstić information content (AvgIpc) is 2.29. The Morgan fingerprint density at radius 2 is 1.88 bits per heavy atom. The summed E-state index contributed by atoms with van der Waals surface area (Å²) in [5, 5.41) is 3.91. The highest BCUT2D eigenvalue weighted by Crippen LogP contribution is 2.15. The molecule has 0 aliphatic rings. The second kappa shape index (κ2) is 10.3. The Morgan fingerprint density at radius 3 is 2.47 bits per heavy atom. The molecular weight excluding hydrogens is 212 g/mol. The molecular formula is C14H28N2O. The van der Waals surface area contributed by atoms with Gasteiger partial charge in [-0.2, -0.15) is 5.10 Å². The maximum Gasteiger partial charge on any atom is 0.240 e. The average molecular weight is 240 g/mol. The predicted octanol–water partition coefficient (Wildman–Crippen LogP) is 3.89. The van der Waals surface area contributed by atoms with Crippen LogP contribution < -0.4 is 5.43 Å². The van der Waals surface area contributed by atoms with Crippen molar-refractivity contribution >= 4 is 11.6 Å². The van der Waals surface area contributed by atoms with E-state index in [4.69, 9.17) is 0 Å². The summed E-state index contributed by atoms with van der Waals surface area (Å²) < 4.78 is 0. The van der Waals surface area contributed by atoms with Gasteiger partial charge in [-0.25, -0.2) is 5.43 Å². The zero-order valence-corrected chi connectivity index (χ0v) is 11.9. The molecule has 1 atom stereocenters. The van der Waals surface area contributed by atoms with E-state index in [-0.39, 0.29) is 5.91 Å². The van der Waals surface area contributed by atoms with Gasteiger partial charge in [0.2, 0.25) is 5.91 Å². The number of hydrogen-bond acceptors (Lipinski definition) is 2. The summed E-state index contributed by atoms with van der Waals surface area (Å²) in [5.41, 5.74) is 3.44. The molecule has 0 saturated carbocycles. The molecule has 0 aliphatic carbocycles. The quantitative estimate of drug-likeness (QED) is 0.371. The molecule has 0 radical (unpaired) electrons. The van der Waals surface area contributed by atoms with Crippen molar-refractivity contribution < 1.29 is 4.79 Å². The normalized spacial score (nSPS) is 12.0. The smallest absolute Gasteiger partial charge is 0.240 e. The van der Waals surface area contributed by atoms with Crippen LogP contribution in [0.1, 0.15) is 72.6 Å². The molecule has 100 valence electrons. The third kappa shape index (κ3) is 11.4. The number of nitrogens with one attached hydrogen (secondary N) is 1. The Kier molecular flexibility index (Phi) is 9.78. The van der Waals surface area contributed by atoms with Crippen LogP contribution in [0.2, 0.25) is 0 Å². The largest absolute Gasteiger partial charge is 0.273 e. The molecule has 0 spiro atoms. The zero-order valence-electron chi connectivity index (χ0n) is 11.9. The fraction of sp³-hybridized carbons (Fsp3) is 0.857. The van der Waals surface area contributed by atoms with Crippen LogP contribution in [0.25, 0.3) is 0 Å². The lowest BCUT2D eigenvalue weighted by atomic mass is 9.98. The summed E-state index contributed by atoms with van der Waals surface area (Å²) in [6.45, 7) is 8.20. The number of hydrazone groups is 1. The number of carbonyl (C=O) groups is 1. The van der Waals surface area contributed by atoms with E-state index in [0.29, 0.717) is 12.3 Å². The van der Waals surface area contributed by atoms with Crippen molar-refractivity contribution in [2.45, 2.75) is 72.6 Å². The first-order valence-electron chi connectivity index (χ1n) is 6.86. The van der Waals surface area contributed by atoms with Gasteiger partial charge in [0.05, 0.1) is 0 Å². The molecule has 0 aromatic heterocycles. The summed E-state index contributed by atoms with van der Waals surface area (Å²) in [5.74, 6) is 0.677. The summed E-state index contributed by atoms with van der Waals surface area (Å²) in [6.07, 6.45) is 8.03. The summed E-state index contributed by atoms with van der Waals surface area (Å²) in [4.78, 5) is 11.4. The van der Waals surface area contributed by atoms with E-state index in [9.17, 15) is 4.79 Å². The maximum atomic E-state index is 11.4. The monoisotopic (exact) mass is 240 g/mol. The van der Waals surface area contributed by atoms with Crippen molar-refractivity contribution in [2.24, 2.45) is 11.0 Å². The number of hydrogen-bond donors (Lipinski definition) is 1. The molecule has 0 bridgehead atoms.